The second kappa shape index (κ2) is 2.77. The Bertz CT molecular complexity index is 338. The summed E-state index contributed by atoms with van der Waals surface area (Å²) >= 11 is 0. The molecule has 0 radical (unpaired) electrons. The van der Waals surface area contributed by atoms with E-state index < -0.39 is 23.2 Å². The molecule has 0 spiro atoms. The van der Waals surface area contributed by atoms with Crippen LogP contribution in [-0.4, -0.2) is 10.9 Å². The standard InChI is InChI=1S/C7H6F2N2O/c8-3-1-4(7(10)11)6(12)5(9)2-3/h1-2,12H,(H3,10,11). The molecule has 12 heavy (non-hydrogen) atoms. The first-order chi connectivity index (χ1) is 5.52. The number of benzene rings is 1. The smallest absolute Gasteiger partial charge is 0.168 e. The lowest BCUT2D eigenvalue weighted by Crippen LogP contribution is -2.12. The Balaban J connectivity index is 3.37. The number of hydrogen-bond donors (Lipinski definition) is 3. The van der Waals surface area contributed by atoms with E-state index in [1.165, 1.54) is 0 Å². The zero-order valence-corrected chi connectivity index (χ0v) is 5.94. The molecular weight excluding hydrogens is 166 g/mol. The summed E-state index contributed by atoms with van der Waals surface area (Å²) < 4.78 is 25.0. The van der Waals surface area contributed by atoms with Crippen molar-refractivity contribution in [3.8, 4) is 5.75 Å². The van der Waals surface area contributed by atoms with Crippen molar-refractivity contribution in [1.82, 2.24) is 0 Å². The van der Waals surface area contributed by atoms with Crippen molar-refractivity contribution >= 4 is 5.84 Å². The number of amidine groups is 1. The molecule has 0 atom stereocenters. The molecule has 0 aliphatic carbocycles. The lowest BCUT2D eigenvalue weighted by molar-refractivity contribution is 0.426. The molecule has 1 aromatic carbocycles. The van der Waals surface area contributed by atoms with Gasteiger partial charge in [0.25, 0.3) is 0 Å². The normalized spacial score (nSPS) is 9.83. The molecule has 0 aliphatic rings. The van der Waals surface area contributed by atoms with Gasteiger partial charge in [-0.3, -0.25) is 5.41 Å². The average molecular weight is 172 g/mol. The van der Waals surface area contributed by atoms with Gasteiger partial charge >= 0.3 is 0 Å². The van der Waals surface area contributed by atoms with E-state index in [9.17, 15) is 8.78 Å². The maximum absolute atomic E-state index is 12.6. The first kappa shape index (κ1) is 8.45. The third kappa shape index (κ3) is 1.34. The highest BCUT2D eigenvalue weighted by atomic mass is 19.1. The first-order valence-electron chi connectivity index (χ1n) is 3.04. The molecule has 0 amide bonds. The van der Waals surface area contributed by atoms with E-state index >= 15 is 0 Å². The predicted octanol–water partition coefficient (Wildman–Crippen LogP) is 0.954. The molecule has 5 heteroatoms. The highest BCUT2D eigenvalue weighted by Crippen LogP contribution is 2.21. The van der Waals surface area contributed by atoms with Gasteiger partial charge in [0, 0.05) is 6.07 Å². The molecule has 0 saturated carbocycles. The number of nitrogens with two attached hydrogens (primary N) is 1. The van der Waals surface area contributed by atoms with Crippen molar-refractivity contribution in [2.45, 2.75) is 0 Å². The highest BCUT2D eigenvalue weighted by Gasteiger charge is 2.11. The van der Waals surface area contributed by atoms with Crippen LogP contribution in [0, 0.1) is 17.0 Å². The Morgan fingerprint density at radius 1 is 1.42 bits per heavy atom. The van der Waals surface area contributed by atoms with E-state index in [-0.39, 0.29) is 5.56 Å². The summed E-state index contributed by atoms with van der Waals surface area (Å²) in [5.74, 6) is -3.38. The fourth-order valence-corrected chi connectivity index (χ4v) is 0.771. The third-order valence-corrected chi connectivity index (χ3v) is 1.32. The fraction of sp³-hybridized carbons (Fsp3) is 0. The molecule has 0 aliphatic heterocycles. The number of rotatable bonds is 1. The van der Waals surface area contributed by atoms with Crippen LogP contribution in [0.3, 0.4) is 0 Å². The zero-order chi connectivity index (χ0) is 9.30. The lowest BCUT2D eigenvalue weighted by atomic mass is 10.1. The number of nitrogen functional groups attached to an aromatic ring is 1. The van der Waals surface area contributed by atoms with Gasteiger partial charge in [0.15, 0.2) is 11.6 Å². The van der Waals surface area contributed by atoms with Gasteiger partial charge in [-0.05, 0) is 6.07 Å². The first-order valence-corrected chi connectivity index (χ1v) is 3.04. The van der Waals surface area contributed by atoms with Crippen LogP contribution in [0.25, 0.3) is 0 Å². The highest BCUT2D eigenvalue weighted by molar-refractivity contribution is 5.97. The Hall–Kier alpha value is -1.65. The summed E-state index contributed by atoms with van der Waals surface area (Å²) in [5, 5.41) is 15.8. The molecule has 0 saturated heterocycles. The van der Waals surface area contributed by atoms with E-state index in [0.29, 0.717) is 6.07 Å². The number of nitrogens with one attached hydrogen (secondary N) is 1. The number of hydrogen-bond acceptors (Lipinski definition) is 2. The Morgan fingerprint density at radius 3 is 2.50 bits per heavy atom. The second-order valence-corrected chi connectivity index (χ2v) is 2.20. The second-order valence-electron chi connectivity index (χ2n) is 2.20. The summed E-state index contributed by atoms with van der Waals surface area (Å²) in [5.41, 5.74) is 4.60. The van der Waals surface area contributed by atoms with E-state index in [2.05, 4.69) is 0 Å². The number of aromatic hydroxyl groups is 1. The van der Waals surface area contributed by atoms with Crippen molar-refractivity contribution < 1.29 is 13.9 Å². The number of phenols is 1. The van der Waals surface area contributed by atoms with Gasteiger partial charge < -0.3 is 10.8 Å². The van der Waals surface area contributed by atoms with Gasteiger partial charge in [-0.1, -0.05) is 0 Å². The fourth-order valence-electron chi connectivity index (χ4n) is 0.771. The maximum Gasteiger partial charge on any atom is 0.168 e. The van der Waals surface area contributed by atoms with Crippen LogP contribution in [0.15, 0.2) is 12.1 Å². The van der Waals surface area contributed by atoms with E-state index in [1.807, 2.05) is 0 Å². The van der Waals surface area contributed by atoms with Gasteiger partial charge in [0.05, 0.1) is 5.56 Å². The van der Waals surface area contributed by atoms with Crippen molar-refractivity contribution in [3.63, 3.8) is 0 Å². The molecule has 1 rings (SSSR count). The molecule has 64 valence electrons. The maximum atomic E-state index is 12.6. The molecular formula is C7H6F2N2O. The van der Waals surface area contributed by atoms with Crippen molar-refractivity contribution in [2.75, 3.05) is 0 Å². The summed E-state index contributed by atoms with van der Waals surface area (Å²) in [6, 6.07) is 1.31. The van der Waals surface area contributed by atoms with Crippen molar-refractivity contribution in [3.05, 3.63) is 29.3 Å². The summed E-state index contributed by atoms with van der Waals surface area (Å²) in [6.07, 6.45) is 0. The Kier molecular flexibility index (Phi) is 1.95. The number of halogens is 2. The Morgan fingerprint density at radius 2 is 2.00 bits per heavy atom. The molecule has 3 nitrogen and oxygen atoms in total. The van der Waals surface area contributed by atoms with Gasteiger partial charge in [-0.25, -0.2) is 8.78 Å². The van der Waals surface area contributed by atoms with Gasteiger partial charge in [-0.2, -0.15) is 0 Å². The van der Waals surface area contributed by atoms with Crippen LogP contribution in [0.5, 0.6) is 5.75 Å². The van der Waals surface area contributed by atoms with Crippen molar-refractivity contribution in [1.29, 1.82) is 5.41 Å². The van der Waals surface area contributed by atoms with E-state index in [4.69, 9.17) is 16.2 Å². The van der Waals surface area contributed by atoms with Gasteiger partial charge in [0.1, 0.15) is 11.7 Å². The monoisotopic (exact) mass is 172 g/mol. The summed E-state index contributed by atoms with van der Waals surface area (Å²) in [7, 11) is 0. The van der Waals surface area contributed by atoms with Crippen LogP contribution in [0.2, 0.25) is 0 Å². The molecule has 4 N–H and O–H groups in total. The van der Waals surface area contributed by atoms with Gasteiger partial charge in [0.2, 0.25) is 0 Å². The molecule has 0 unspecified atom stereocenters. The van der Waals surface area contributed by atoms with E-state index in [1.54, 1.807) is 0 Å². The summed E-state index contributed by atoms with van der Waals surface area (Å²) in [6.45, 7) is 0. The van der Waals surface area contributed by atoms with Crippen molar-refractivity contribution in [2.24, 2.45) is 5.73 Å². The predicted molar refractivity (Wildman–Crippen MR) is 39.0 cm³/mol. The SMILES string of the molecule is N=C(N)c1cc(F)cc(F)c1O. The molecule has 0 fully saturated rings. The third-order valence-electron chi connectivity index (χ3n) is 1.32. The van der Waals surface area contributed by atoms with Crippen LogP contribution >= 0.6 is 0 Å². The van der Waals surface area contributed by atoms with Crippen LogP contribution < -0.4 is 5.73 Å². The van der Waals surface area contributed by atoms with Crippen LogP contribution in [0.1, 0.15) is 5.56 Å². The van der Waals surface area contributed by atoms with E-state index in [0.717, 1.165) is 6.07 Å². The summed E-state index contributed by atoms with van der Waals surface area (Å²) in [4.78, 5) is 0. The average Bonchev–Trinajstić information content (AvgIpc) is 1.96. The van der Waals surface area contributed by atoms with Gasteiger partial charge in [-0.15, -0.1) is 0 Å². The lowest BCUT2D eigenvalue weighted by Gasteiger charge is -2.02. The molecule has 0 bridgehead atoms. The minimum absolute atomic E-state index is 0.340. The quantitative estimate of drug-likeness (QED) is 0.436. The number of phenolic OH excluding ortho intramolecular Hbond substituents is 1. The largest absolute Gasteiger partial charge is 0.504 e. The minimum atomic E-state index is -1.12. The molecule has 0 aromatic heterocycles. The molecule has 1 aromatic rings. The Labute approximate surface area is 66.9 Å². The minimum Gasteiger partial charge on any atom is -0.504 e. The van der Waals surface area contributed by atoms with Crippen LogP contribution in [0.4, 0.5) is 8.78 Å². The zero-order valence-electron chi connectivity index (χ0n) is 5.94. The molecule has 0 heterocycles. The topological polar surface area (TPSA) is 70.1 Å². The van der Waals surface area contributed by atoms with Crippen LogP contribution in [-0.2, 0) is 0 Å².